The predicted octanol–water partition coefficient (Wildman–Crippen LogP) is 4.57. The summed E-state index contributed by atoms with van der Waals surface area (Å²) in [7, 11) is 4.11. The number of nitriles is 1. The Balaban J connectivity index is 1.71. The van der Waals surface area contributed by atoms with Crippen LogP contribution in [0.1, 0.15) is 42.3 Å². The molecule has 1 fully saturated rings. The Kier molecular flexibility index (Phi) is 5.51. The quantitative estimate of drug-likeness (QED) is 0.637. The second kappa shape index (κ2) is 8.03. The average Bonchev–Trinajstić information content (AvgIpc) is 2.73. The number of hydrogen-bond acceptors (Lipinski definition) is 6. The molecule has 1 atom stereocenters. The monoisotopic (exact) mass is 432 g/mol. The fourth-order valence-electron chi connectivity index (χ4n) is 4.39. The summed E-state index contributed by atoms with van der Waals surface area (Å²) in [5.41, 5.74) is 3.92. The first-order chi connectivity index (χ1) is 15.1. The molecule has 3 aromatic rings. The van der Waals surface area contributed by atoms with E-state index in [4.69, 9.17) is 0 Å². The van der Waals surface area contributed by atoms with Crippen LogP contribution in [0.2, 0.25) is 0 Å². The van der Waals surface area contributed by atoms with Crippen molar-refractivity contribution in [3.05, 3.63) is 58.5 Å². The van der Waals surface area contributed by atoms with E-state index in [0.29, 0.717) is 22.8 Å². The second-order valence-electron chi connectivity index (χ2n) is 9.23. The number of benzene rings is 2. The molecule has 0 radical (unpaired) electrons. The van der Waals surface area contributed by atoms with E-state index in [1.807, 2.05) is 45.0 Å². The second-order valence-corrected chi connectivity index (χ2v) is 9.23. The van der Waals surface area contributed by atoms with Crippen molar-refractivity contribution in [3.8, 4) is 6.07 Å². The molecule has 7 heteroatoms. The molecule has 2 heterocycles. The van der Waals surface area contributed by atoms with E-state index in [1.54, 1.807) is 6.07 Å². The van der Waals surface area contributed by atoms with Crippen LogP contribution >= 0.6 is 0 Å². The number of anilines is 2. The highest BCUT2D eigenvalue weighted by Crippen LogP contribution is 2.37. The number of hydrogen-bond donors (Lipinski definition) is 1. The minimum absolute atomic E-state index is 0.0344. The van der Waals surface area contributed by atoms with Gasteiger partial charge in [0.2, 0.25) is 0 Å². The first-order valence-corrected chi connectivity index (χ1v) is 10.8. The zero-order valence-electron chi connectivity index (χ0n) is 19.5. The molecule has 0 saturated carbocycles. The van der Waals surface area contributed by atoms with Gasteiger partial charge in [-0.1, -0.05) is 12.1 Å². The molecular formula is C25H29FN6. The molecule has 0 aliphatic carbocycles. The fourth-order valence-corrected chi connectivity index (χ4v) is 4.39. The van der Waals surface area contributed by atoms with E-state index >= 15 is 4.39 Å². The van der Waals surface area contributed by atoms with Gasteiger partial charge in [-0.2, -0.15) is 10.4 Å². The van der Waals surface area contributed by atoms with Crippen molar-refractivity contribution in [2.75, 3.05) is 37.4 Å². The van der Waals surface area contributed by atoms with E-state index in [9.17, 15) is 5.26 Å². The van der Waals surface area contributed by atoms with Crippen LogP contribution in [0.25, 0.3) is 10.8 Å². The van der Waals surface area contributed by atoms with Crippen LogP contribution in [0.3, 0.4) is 0 Å². The van der Waals surface area contributed by atoms with Gasteiger partial charge in [0.05, 0.1) is 34.6 Å². The maximum atomic E-state index is 15.1. The van der Waals surface area contributed by atoms with Gasteiger partial charge in [-0.3, -0.25) is 0 Å². The number of halogens is 1. The van der Waals surface area contributed by atoms with E-state index in [-0.39, 0.29) is 17.4 Å². The molecule has 0 spiro atoms. The van der Waals surface area contributed by atoms with Gasteiger partial charge >= 0.3 is 0 Å². The number of likely N-dealkylation sites (N-methyl/N-ethyl adjacent to an activating group) is 1. The van der Waals surface area contributed by atoms with Crippen LogP contribution < -0.4 is 10.2 Å². The molecular weight excluding hydrogens is 403 g/mol. The Labute approximate surface area is 188 Å². The SMILES string of the molecule is Cc1c(C#N)cccc1[C@@H](C)Nc1nnc(C)c2cc(F)c(N3CC(C)(N(C)C)C3)cc12. The van der Waals surface area contributed by atoms with Gasteiger partial charge in [-0.25, -0.2) is 4.39 Å². The molecule has 0 unspecified atom stereocenters. The van der Waals surface area contributed by atoms with Crippen LogP contribution in [-0.2, 0) is 0 Å². The highest BCUT2D eigenvalue weighted by atomic mass is 19.1. The van der Waals surface area contributed by atoms with Crippen LogP contribution in [0.15, 0.2) is 30.3 Å². The Morgan fingerprint density at radius 3 is 2.56 bits per heavy atom. The van der Waals surface area contributed by atoms with Crippen molar-refractivity contribution in [1.29, 1.82) is 5.26 Å². The minimum atomic E-state index is -0.244. The summed E-state index contributed by atoms with van der Waals surface area (Å²) >= 11 is 0. The van der Waals surface area contributed by atoms with Crippen molar-refractivity contribution in [3.63, 3.8) is 0 Å². The summed E-state index contributed by atoms with van der Waals surface area (Å²) in [5, 5.41) is 23.0. The minimum Gasteiger partial charge on any atom is -0.365 e. The molecule has 1 aromatic heterocycles. The van der Waals surface area contributed by atoms with E-state index in [1.165, 1.54) is 0 Å². The fraction of sp³-hybridized carbons (Fsp3) is 0.400. The molecule has 1 saturated heterocycles. The molecule has 32 heavy (non-hydrogen) atoms. The summed E-state index contributed by atoms with van der Waals surface area (Å²) in [5.74, 6) is 0.364. The molecule has 1 aliphatic heterocycles. The Morgan fingerprint density at radius 1 is 1.19 bits per heavy atom. The Hall–Kier alpha value is -3.24. The van der Waals surface area contributed by atoms with Crippen LogP contribution in [-0.4, -0.2) is 47.8 Å². The third kappa shape index (κ3) is 3.65. The van der Waals surface area contributed by atoms with Gasteiger partial charge in [0, 0.05) is 23.9 Å². The number of aryl methyl sites for hydroxylation is 1. The van der Waals surface area contributed by atoms with Crippen LogP contribution in [0.4, 0.5) is 15.9 Å². The molecule has 6 nitrogen and oxygen atoms in total. The van der Waals surface area contributed by atoms with E-state index in [0.717, 1.165) is 35.0 Å². The van der Waals surface area contributed by atoms with Gasteiger partial charge in [0.15, 0.2) is 5.82 Å². The van der Waals surface area contributed by atoms with Gasteiger partial charge in [0.25, 0.3) is 0 Å². The van der Waals surface area contributed by atoms with E-state index in [2.05, 4.69) is 52.4 Å². The molecule has 0 bridgehead atoms. The zero-order chi connectivity index (χ0) is 23.2. The molecule has 1 N–H and O–H groups in total. The van der Waals surface area contributed by atoms with Crippen LogP contribution in [0.5, 0.6) is 0 Å². The number of rotatable bonds is 5. The third-order valence-corrected chi connectivity index (χ3v) is 6.83. The smallest absolute Gasteiger partial charge is 0.157 e. The van der Waals surface area contributed by atoms with Crippen molar-refractivity contribution in [2.24, 2.45) is 0 Å². The molecule has 2 aromatic carbocycles. The summed E-state index contributed by atoms with van der Waals surface area (Å²) in [4.78, 5) is 4.25. The summed E-state index contributed by atoms with van der Waals surface area (Å²) in [6, 6.07) is 11.3. The zero-order valence-corrected chi connectivity index (χ0v) is 19.5. The number of fused-ring (bicyclic) bond motifs is 1. The number of aromatic nitrogens is 2. The van der Waals surface area contributed by atoms with Gasteiger partial charge in [-0.05, 0) is 71.1 Å². The maximum Gasteiger partial charge on any atom is 0.157 e. The predicted molar refractivity (Wildman–Crippen MR) is 126 cm³/mol. The average molecular weight is 433 g/mol. The summed E-state index contributed by atoms with van der Waals surface area (Å²) in [6.45, 7) is 9.53. The molecule has 0 amide bonds. The Bertz CT molecular complexity index is 1220. The van der Waals surface area contributed by atoms with Gasteiger partial charge in [-0.15, -0.1) is 5.10 Å². The maximum absolute atomic E-state index is 15.1. The normalized spacial score (nSPS) is 16.0. The van der Waals surface area contributed by atoms with Crippen molar-refractivity contribution in [1.82, 2.24) is 15.1 Å². The van der Waals surface area contributed by atoms with Gasteiger partial charge in [0.1, 0.15) is 5.82 Å². The van der Waals surface area contributed by atoms with Crippen molar-refractivity contribution in [2.45, 2.75) is 39.3 Å². The molecule has 1 aliphatic rings. The van der Waals surface area contributed by atoms with Crippen molar-refractivity contribution >= 4 is 22.3 Å². The highest BCUT2D eigenvalue weighted by molar-refractivity contribution is 5.95. The Morgan fingerprint density at radius 2 is 1.91 bits per heavy atom. The summed E-state index contributed by atoms with van der Waals surface area (Å²) in [6.07, 6.45) is 0. The first-order valence-electron chi connectivity index (χ1n) is 10.8. The van der Waals surface area contributed by atoms with Crippen LogP contribution in [0, 0.1) is 31.0 Å². The number of nitrogens with one attached hydrogen (secondary N) is 1. The summed E-state index contributed by atoms with van der Waals surface area (Å²) < 4.78 is 15.1. The first kappa shape index (κ1) is 22.0. The largest absolute Gasteiger partial charge is 0.365 e. The third-order valence-electron chi connectivity index (χ3n) is 6.83. The van der Waals surface area contributed by atoms with Crippen molar-refractivity contribution < 1.29 is 4.39 Å². The standard InChI is InChI=1S/C25H29FN6/c1-15-18(12-27)8-7-9-19(15)16(2)28-24-21-11-23(32-13-25(4,14-32)31(5)6)22(26)10-20(21)17(3)29-30-24/h7-11,16H,13-14H2,1-6H3,(H,28,30)/t16-/m1/s1. The lowest BCUT2D eigenvalue weighted by molar-refractivity contribution is 0.132. The lowest BCUT2D eigenvalue weighted by atomic mass is 9.90. The lowest BCUT2D eigenvalue weighted by Gasteiger charge is -2.53. The molecule has 166 valence electrons. The number of nitrogens with zero attached hydrogens (tertiary/aromatic N) is 5. The topological polar surface area (TPSA) is 68.1 Å². The lowest BCUT2D eigenvalue weighted by Crippen LogP contribution is -2.67. The van der Waals surface area contributed by atoms with E-state index < -0.39 is 0 Å². The molecule has 4 rings (SSSR count). The van der Waals surface area contributed by atoms with Gasteiger partial charge < -0.3 is 15.1 Å². The highest BCUT2D eigenvalue weighted by Gasteiger charge is 2.41.